The molecule has 8 aromatic rings. The highest BCUT2D eigenvalue weighted by Crippen LogP contribution is 2.36. The lowest BCUT2D eigenvalue weighted by Gasteiger charge is -2.13. The molecule has 4 aliphatic heterocycles. The Morgan fingerprint density at radius 1 is 0.571 bits per heavy atom. The molecule has 0 fully saturated rings. The molecule has 0 atom stereocenters. The average Bonchev–Trinajstić information content (AvgIpc) is 3.78. The molecule has 320 valence electrons. The third-order valence-electron chi connectivity index (χ3n) is 10.8. The zero-order valence-electron chi connectivity index (χ0n) is 34.7. The summed E-state index contributed by atoms with van der Waals surface area (Å²) < 4.78 is 36.4. The summed E-state index contributed by atoms with van der Waals surface area (Å²) in [5.41, 5.74) is 4.01. The molecule has 2 N–H and O–H groups in total. The lowest BCUT2D eigenvalue weighted by atomic mass is 9.92. The predicted molar refractivity (Wildman–Crippen MR) is 239 cm³/mol. The molecule has 63 heavy (non-hydrogen) atoms. The summed E-state index contributed by atoms with van der Waals surface area (Å²) in [6.45, 7) is 4.54. The highest BCUT2D eigenvalue weighted by molar-refractivity contribution is 6.23. The zero-order valence-corrected chi connectivity index (χ0v) is 34.7. The molecule has 0 saturated carbocycles. The first kappa shape index (κ1) is 41.3. The van der Waals surface area contributed by atoms with Gasteiger partial charge in [0.2, 0.25) is 0 Å². The Bertz CT molecular complexity index is 2700. The standard InChI is InChI=1S/C50H47N5O8/c56-49-40-26-41(28-45(27-40)63-33-42-32-55(54-53-42)31-39-11-10-38-9-8-36-2-1-3-37-12-17-46(39)48(38)47(36)37)50(57)52-30-35-6-15-44(16-7-35)62-25-23-60-21-19-58-18-20-59-22-24-61-43-13-4-34(5-14-43)29-51-49/h1-17,26-28,32H,18-25,29-31,33H2,(H,51,56)(H,52,57). The summed E-state index contributed by atoms with van der Waals surface area (Å²) in [6, 6.07) is 39.2. The van der Waals surface area contributed by atoms with Crippen LogP contribution in [0, 0.1) is 0 Å². The van der Waals surface area contributed by atoms with Gasteiger partial charge in [-0.15, -0.1) is 5.10 Å². The maximum atomic E-state index is 13.6. The van der Waals surface area contributed by atoms with Crippen LogP contribution in [0.1, 0.15) is 43.1 Å². The highest BCUT2D eigenvalue weighted by Gasteiger charge is 2.16. The molecule has 2 amide bonds. The average molecular weight is 846 g/mol. The van der Waals surface area contributed by atoms with Crippen LogP contribution in [0.2, 0.25) is 0 Å². The van der Waals surface area contributed by atoms with Crippen molar-refractivity contribution in [2.24, 2.45) is 0 Å². The number of aromatic nitrogens is 3. The van der Waals surface area contributed by atoms with Crippen molar-refractivity contribution in [3.05, 3.63) is 161 Å². The number of carbonyl (C=O) groups excluding carboxylic acids is 2. The van der Waals surface area contributed by atoms with Crippen LogP contribution in [0.5, 0.6) is 17.2 Å². The van der Waals surface area contributed by atoms with E-state index in [1.54, 1.807) is 22.9 Å². The molecular formula is C50H47N5O8. The number of hydrogen-bond donors (Lipinski definition) is 2. The van der Waals surface area contributed by atoms with Gasteiger partial charge in [-0.3, -0.25) is 9.59 Å². The number of amides is 2. The van der Waals surface area contributed by atoms with E-state index in [1.165, 1.54) is 32.3 Å². The molecule has 4 aliphatic rings. The monoisotopic (exact) mass is 845 g/mol. The molecule has 1 aromatic heterocycles. The van der Waals surface area contributed by atoms with Crippen LogP contribution in [0.3, 0.4) is 0 Å². The molecule has 13 nitrogen and oxygen atoms in total. The summed E-state index contributed by atoms with van der Waals surface area (Å²) in [5, 5.41) is 22.1. The lowest BCUT2D eigenvalue weighted by molar-refractivity contribution is 0.00499. The minimum absolute atomic E-state index is 0.0696. The first-order valence-electron chi connectivity index (χ1n) is 21.1. The number of ether oxygens (including phenoxy) is 6. The van der Waals surface area contributed by atoms with Crippen LogP contribution >= 0.6 is 0 Å². The first-order chi connectivity index (χ1) is 31.0. The van der Waals surface area contributed by atoms with Crippen LogP contribution in [-0.4, -0.2) is 79.7 Å². The van der Waals surface area contributed by atoms with Gasteiger partial charge in [-0.25, -0.2) is 4.68 Å². The quantitative estimate of drug-likeness (QED) is 0.167. The van der Waals surface area contributed by atoms with E-state index >= 15 is 0 Å². The normalized spacial score (nSPS) is 15.2. The van der Waals surface area contributed by atoms with Gasteiger partial charge in [0.1, 0.15) is 42.8 Å². The van der Waals surface area contributed by atoms with E-state index < -0.39 is 0 Å². The van der Waals surface area contributed by atoms with Gasteiger partial charge >= 0.3 is 0 Å². The van der Waals surface area contributed by atoms with Gasteiger partial charge in [-0.2, -0.15) is 0 Å². The fourth-order valence-electron chi connectivity index (χ4n) is 7.65. The Morgan fingerprint density at radius 3 is 1.68 bits per heavy atom. The van der Waals surface area contributed by atoms with Crippen LogP contribution in [0.4, 0.5) is 0 Å². The molecule has 0 unspecified atom stereocenters. The largest absolute Gasteiger partial charge is 0.491 e. The second-order valence-corrected chi connectivity index (χ2v) is 15.2. The van der Waals surface area contributed by atoms with E-state index in [9.17, 15) is 9.59 Å². The maximum absolute atomic E-state index is 13.6. The van der Waals surface area contributed by atoms with Crippen LogP contribution in [0.25, 0.3) is 32.3 Å². The number of carbonyl (C=O) groups is 2. The summed E-state index contributed by atoms with van der Waals surface area (Å²) >= 11 is 0. The predicted octanol–water partition coefficient (Wildman–Crippen LogP) is 7.48. The Morgan fingerprint density at radius 2 is 1.10 bits per heavy atom. The van der Waals surface area contributed by atoms with Crippen molar-refractivity contribution in [1.82, 2.24) is 25.6 Å². The van der Waals surface area contributed by atoms with E-state index in [0.717, 1.165) is 16.7 Å². The minimum atomic E-state index is -0.365. The lowest BCUT2D eigenvalue weighted by Crippen LogP contribution is -2.25. The van der Waals surface area contributed by atoms with Crippen molar-refractivity contribution in [1.29, 1.82) is 0 Å². The topological polar surface area (TPSA) is 144 Å². The molecule has 7 aromatic carbocycles. The third-order valence-corrected chi connectivity index (χ3v) is 10.8. The van der Waals surface area contributed by atoms with Gasteiger partial charge in [-0.05, 0) is 91.5 Å². The fourth-order valence-corrected chi connectivity index (χ4v) is 7.65. The Labute approximate surface area is 364 Å². The maximum Gasteiger partial charge on any atom is 0.251 e. The molecule has 5 heterocycles. The van der Waals surface area contributed by atoms with E-state index in [0.29, 0.717) is 82.3 Å². The van der Waals surface area contributed by atoms with Crippen molar-refractivity contribution >= 4 is 44.1 Å². The van der Waals surface area contributed by atoms with E-state index in [1.807, 2.05) is 54.7 Å². The molecule has 6 bridgehead atoms. The summed E-state index contributed by atoms with van der Waals surface area (Å²) in [7, 11) is 0. The second kappa shape index (κ2) is 19.8. The van der Waals surface area contributed by atoms with Crippen molar-refractivity contribution in [3.8, 4) is 17.2 Å². The first-order valence-corrected chi connectivity index (χ1v) is 21.1. The van der Waals surface area contributed by atoms with Gasteiger partial charge in [0.25, 0.3) is 11.8 Å². The van der Waals surface area contributed by atoms with Gasteiger partial charge in [0.15, 0.2) is 0 Å². The van der Waals surface area contributed by atoms with E-state index in [2.05, 4.69) is 75.5 Å². The van der Waals surface area contributed by atoms with Crippen LogP contribution in [0.15, 0.2) is 128 Å². The van der Waals surface area contributed by atoms with Crippen molar-refractivity contribution in [2.45, 2.75) is 26.2 Å². The molecule has 12 rings (SSSR count). The van der Waals surface area contributed by atoms with Gasteiger partial charge in [0, 0.05) is 24.2 Å². The van der Waals surface area contributed by atoms with Crippen LogP contribution < -0.4 is 24.8 Å². The number of rotatable bonds is 5. The number of nitrogens with zero attached hydrogens (tertiary/aromatic N) is 3. The Balaban J connectivity index is 0.895. The molecule has 13 heteroatoms. The second-order valence-electron chi connectivity index (χ2n) is 15.2. The highest BCUT2D eigenvalue weighted by atomic mass is 16.6. The third kappa shape index (κ3) is 10.4. The summed E-state index contributed by atoms with van der Waals surface area (Å²) in [6.07, 6.45) is 1.85. The fraction of sp³-hybridized carbons (Fsp3) is 0.240. The summed E-state index contributed by atoms with van der Waals surface area (Å²) in [5.74, 6) is 0.985. The number of nitrogens with one attached hydrogen (secondary N) is 2. The van der Waals surface area contributed by atoms with E-state index in [4.69, 9.17) is 28.4 Å². The number of benzene rings is 7. The molecule has 0 aliphatic carbocycles. The zero-order chi connectivity index (χ0) is 42.8. The smallest absolute Gasteiger partial charge is 0.251 e. The Hall–Kier alpha value is -7.06. The van der Waals surface area contributed by atoms with Crippen molar-refractivity contribution in [3.63, 3.8) is 0 Å². The Kier molecular flexibility index (Phi) is 13.0. The molecule has 0 saturated heterocycles. The van der Waals surface area contributed by atoms with Gasteiger partial charge in [-0.1, -0.05) is 84.1 Å². The molecule has 0 spiro atoms. The summed E-state index contributed by atoms with van der Waals surface area (Å²) in [4.78, 5) is 27.3. The van der Waals surface area contributed by atoms with Gasteiger partial charge in [0.05, 0.1) is 52.4 Å². The number of hydrogen-bond acceptors (Lipinski definition) is 10. The van der Waals surface area contributed by atoms with Crippen LogP contribution in [-0.2, 0) is 40.5 Å². The van der Waals surface area contributed by atoms with Crippen molar-refractivity contribution in [2.75, 3.05) is 52.9 Å². The van der Waals surface area contributed by atoms with E-state index in [-0.39, 0.29) is 42.6 Å². The van der Waals surface area contributed by atoms with Crippen molar-refractivity contribution < 1.29 is 38.0 Å². The molecular weight excluding hydrogens is 799 g/mol. The SMILES string of the molecule is O=C1NCc2ccc(cc2)OCCOCCOCCOCCOc2ccc(cc2)CNC(=O)c2cc(OCc3cn(Cc4ccc5ccc6cccc7ccc4c5c67)nn3)cc1c2. The van der Waals surface area contributed by atoms with Gasteiger partial charge < -0.3 is 39.1 Å². The molecule has 0 radical (unpaired) electrons. The minimum Gasteiger partial charge on any atom is -0.491 e.